The van der Waals surface area contributed by atoms with Gasteiger partial charge in [-0.2, -0.15) is 0 Å². The molecule has 5 rings (SSSR count). The van der Waals surface area contributed by atoms with Crippen molar-refractivity contribution in [3.8, 4) is 5.75 Å². The van der Waals surface area contributed by atoms with E-state index in [2.05, 4.69) is 9.88 Å². The number of methoxy groups -OCH3 is 1. The fourth-order valence-electron chi connectivity index (χ4n) is 4.98. The first kappa shape index (κ1) is 26.5. The van der Waals surface area contributed by atoms with Gasteiger partial charge in [-0.15, -0.1) is 0 Å². The number of hydrogen-bond donors (Lipinski definition) is 2. The molecule has 202 valence electrons. The first-order valence-corrected chi connectivity index (χ1v) is 12.9. The number of amides is 2. The molecule has 0 fully saturated rings. The van der Waals surface area contributed by atoms with Gasteiger partial charge in [-0.3, -0.25) is 9.59 Å². The molecular weight excluding hydrogens is 506 g/mol. The van der Waals surface area contributed by atoms with Crippen LogP contribution in [0.25, 0.3) is 21.8 Å². The SMILES string of the molecule is COC(=O)[C@H](Cc1ccccc1)NC(=O)COc1cccc2c1c1c(C(N)=O)cccc1n2Cc1ccccc1. The van der Waals surface area contributed by atoms with Gasteiger partial charge in [-0.25, -0.2) is 4.79 Å². The molecule has 0 spiro atoms. The fourth-order valence-corrected chi connectivity index (χ4v) is 4.98. The average molecular weight is 536 g/mol. The van der Waals surface area contributed by atoms with Crippen LogP contribution in [-0.4, -0.2) is 42.1 Å². The van der Waals surface area contributed by atoms with Crippen molar-refractivity contribution in [2.45, 2.75) is 19.0 Å². The number of rotatable bonds is 10. The lowest BCUT2D eigenvalue weighted by Gasteiger charge is -2.17. The van der Waals surface area contributed by atoms with Crippen LogP contribution in [0.4, 0.5) is 0 Å². The van der Waals surface area contributed by atoms with Gasteiger partial charge in [0, 0.05) is 23.9 Å². The first-order chi connectivity index (χ1) is 19.5. The number of ether oxygens (including phenoxy) is 2. The minimum atomic E-state index is -0.867. The number of primary amides is 1. The normalized spacial score (nSPS) is 11.7. The topological polar surface area (TPSA) is 113 Å². The van der Waals surface area contributed by atoms with E-state index in [1.54, 1.807) is 18.2 Å². The Morgan fingerprint density at radius 3 is 2.08 bits per heavy atom. The number of benzene rings is 4. The number of aromatic nitrogens is 1. The van der Waals surface area contributed by atoms with Crippen LogP contribution in [0, 0.1) is 0 Å². The third-order valence-electron chi connectivity index (χ3n) is 6.79. The van der Waals surface area contributed by atoms with Crippen LogP contribution in [0.1, 0.15) is 21.5 Å². The van der Waals surface area contributed by atoms with E-state index in [1.165, 1.54) is 7.11 Å². The van der Waals surface area contributed by atoms with E-state index in [0.29, 0.717) is 28.6 Å². The van der Waals surface area contributed by atoms with Crippen molar-refractivity contribution in [2.24, 2.45) is 5.73 Å². The zero-order valence-electron chi connectivity index (χ0n) is 22.0. The highest BCUT2D eigenvalue weighted by molar-refractivity contribution is 6.19. The van der Waals surface area contributed by atoms with Crippen LogP contribution in [0.15, 0.2) is 97.1 Å². The summed E-state index contributed by atoms with van der Waals surface area (Å²) in [6.07, 6.45) is 0.282. The van der Waals surface area contributed by atoms with Crippen molar-refractivity contribution in [1.29, 1.82) is 0 Å². The van der Waals surface area contributed by atoms with Gasteiger partial charge in [0.25, 0.3) is 5.91 Å². The van der Waals surface area contributed by atoms with E-state index in [-0.39, 0.29) is 13.0 Å². The van der Waals surface area contributed by atoms with Crippen LogP contribution < -0.4 is 15.8 Å². The molecule has 0 aliphatic carbocycles. The molecule has 8 heteroatoms. The molecule has 4 aromatic carbocycles. The summed E-state index contributed by atoms with van der Waals surface area (Å²) in [6, 6.07) is 29.4. The number of hydrogen-bond acceptors (Lipinski definition) is 5. The highest BCUT2D eigenvalue weighted by atomic mass is 16.5. The summed E-state index contributed by atoms with van der Waals surface area (Å²) < 4.78 is 13.0. The molecular formula is C32H29N3O5. The summed E-state index contributed by atoms with van der Waals surface area (Å²) >= 11 is 0. The van der Waals surface area contributed by atoms with Gasteiger partial charge < -0.3 is 25.1 Å². The maximum atomic E-state index is 12.9. The molecule has 0 saturated carbocycles. The molecule has 0 unspecified atom stereocenters. The van der Waals surface area contributed by atoms with E-state index in [4.69, 9.17) is 15.2 Å². The van der Waals surface area contributed by atoms with Crippen molar-refractivity contribution in [3.63, 3.8) is 0 Å². The Kier molecular flexibility index (Phi) is 7.77. The van der Waals surface area contributed by atoms with E-state index in [0.717, 1.165) is 22.2 Å². The third kappa shape index (κ3) is 5.51. The number of nitrogens with two attached hydrogens (primary N) is 1. The van der Waals surface area contributed by atoms with Crippen LogP contribution >= 0.6 is 0 Å². The lowest BCUT2D eigenvalue weighted by Crippen LogP contribution is -2.44. The van der Waals surface area contributed by atoms with Crippen LogP contribution in [-0.2, 0) is 27.3 Å². The number of esters is 1. The molecule has 0 aliphatic heterocycles. The van der Waals surface area contributed by atoms with E-state index >= 15 is 0 Å². The molecule has 8 nitrogen and oxygen atoms in total. The second-order valence-corrected chi connectivity index (χ2v) is 9.41. The Balaban J connectivity index is 1.47. The molecule has 1 aromatic heterocycles. The zero-order chi connectivity index (χ0) is 28.1. The Morgan fingerprint density at radius 1 is 0.800 bits per heavy atom. The quantitative estimate of drug-likeness (QED) is 0.260. The number of fused-ring (bicyclic) bond motifs is 3. The maximum Gasteiger partial charge on any atom is 0.328 e. The zero-order valence-corrected chi connectivity index (χ0v) is 22.0. The van der Waals surface area contributed by atoms with E-state index in [1.807, 2.05) is 78.9 Å². The van der Waals surface area contributed by atoms with Crippen LogP contribution in [0.3, 0.4) is 0 Å². The number of carbonyl (C=O) groups excluding carboxylic acids is 3. The fraction of sp³-hybridized carbons (Fsp3) is 0.156. The minimum absolute atomic E-state index is 0.282. The van der Waals surface area contributed by atoms with Crippen molar-refractivity contribution in [3.05, 3.63) is 114 Å². The Labute approximate surface area is 231 Å². The van der Waals surface area contributed by atoms with Gasteiger partial charge in [0.2, 0.25) is 5.91 Å². The molecule has 0 bridgehead atoms. The number of carbonyl (C=O) groups is 3. The smallest absolute Gasteiger partial charge is 0.328 e. The van der Waals surface area contributed by atoms with Gasteiger partial charge in [0.15, 0.2) is 6.61 Å². The van der Waals surface area contributed by atoms with Gasteiger partial charge in [-0.1, -0.05) is 72.8 Å². The lowest BCUT2D eigenvalue weighted by atomic mass is 10.1. The highest BCUT2D eigenvalue weighted by Gasteiger charge is 2.23. The van der Waals surface area contributed by atoms with Gasteiger partial charge >= 0.3 is 5.97 Å². The monoisotopic (exact) mass is 535 g/mol. The summed E-state index contributed by atoms with van der Waals surface area (Å²) in [6.45, 7) is 0.221. The summed E-state index contributed by atoms with van der Waals surface area (Å²) in [7, 11) is 1.28. The van der Waals surface area contributed by atoms with Crippen molar-refractivity contribution in [1.82, 2.24) is 9.88 Å². The molecule has 5 aromatic rings. The molecule has 1 heterocycles. The van der Waals surface area contributed by atoms with E-state index in [9.17, 15) is 14.4 Å². The van der Waals surface area contributed by atoms with Gasteiger partial charge in [-0.05, 0) is 35.4 Å². The largest absolute Gasteiger partial charge is 0.483 e. The maximum absolute atomic E-state index is 12.9. The van der Waals surface area contributed by atoms with Crippen molar-refractivity contribution in [2.75, 3.05) is 13.7 Å². The minimum Gasteiger partial charge on any atom is -0.483 e. The average Bonchev–Trinajstić information content (AvgIpc) is 3.30. The second-order valence-electron chi connectivity index (χ2n) is 9.41. The second kappa shape index (κ2) is 11.7. The molecule has 1 atom stereocenters. The van der Waals surface area contributed by atoms with Crippen molar-refractivity contribution >= 4 is 39.6 Å². The summed E-state index contributed by atoms with van der Waals surface area (Å²) in [4.78, 5) is 37.7. The Morgan fingerprint density at radius 2 is 1.43 bits per heavy atom. The molecule has 2 amide bonds. The van der Waals surface area contributed by atoms with Crippen LogP contribution in [0.2, 0.25) is 0 Å². The van der Waals surface area contributed by atoms with Gasteiger partial charge in [0.05, 0.1) is 23.5 Å². The summed E-state index contributed by atoms with van der Waals surface area (Å²) in [5.41, 5.74) is 9.76. The summed E-state index contributed by atoms with van der Waals surface area (Å²) in [5, 5.41) is 4.07. The molecule has 0 aliphatic rings. The van der Waals surface area contributed by atoms with Gasteiger partial charge in [0.1, 0.15) is 11.8 Å². The first-order valence-electron chi connectivity index (χ1n) is 12.9. The highest BCUT2D eigenvalue weighted by Crippen LogP contribution is 2.38. The molecule has 40 heavy (non-hydrogen) atoms. The Hall–Kier alpha value is -5.11. The third-order valence-corrected chi connectivity index (χ3v) is 6.79. The summed E-state index contributed by atoms with van der Waals surface area (Å²) in [5.74, 6) is -1.16. The van der Waals surface area contributed by atoms with Crippen molar-refractivity contribution < 1.29 is 23.9 Å². The molecule has 0 saturated heterocycles. The predicted molar refractivity (Wildman–Crippen MR) is 153 cm³/mol. The standard InChI is InChI=1S/C32H29N3O5/c1-39-32(38)24(18-21-10-4-2-5-11-21)34-28(36)20-40-27-17-9-16-26-30(27)29-23(31(33)37)14-8-15-25(29)35(26)19-22-12-6-3-7-13-22/h2-17,24H,18-20H2,1H3,(H2,33,37)(H,34,36)/t24-/m0/s1. The van der Waals surface area contributed by atoms with E-state index < -0.39 is 23.8 Å². The van der Waals surface area contributed by atoms with Crippen LogP contribution in [0.5, 0.6) is 5.75 Å². The lowest BCUT2D eigenvalue weighted by molar-refractivity contribution is -0.145. The predicted octanol–water partition coefficient (Wildman–Crippen LogP) is 4.22. The number of nitrogens with one attached hydrogen (secondary N) is 1. The molecule has 0 radical (unpaired) electrons. The number of nitrogens with zero attached hydrogens (tertiary/aromatic N) is 1. The molecule has 3 N–H and O–H groups in total. The Bertz CT molecular complexity index is 1680.